The van der Waals surface area contributed by atoms with Crippen LogP contribution in [0.1, 0.15) is 38.3 Å². The molecule has 0 fully saturated rings. The zero-order chi connectivity index (χ0) is 25.6. The van der Waals surface area contributed by atoms with Crippen molar-refractivity contribution in [3.8, 4) is 0 Å². The molecule has 0 atom stereocenters. The third kappa shape index (κ3) is 5.65. The summed E-state index contributed by atoms with van der Waals surface area (Å²) in [6, 6.07) is 27.6. The van der Waals surface area contributed by atoms with Gasteiger partial charge in [0.25, 0.3) is 11.8 Å². The second-order valence-corrected chi connectivity index (χ2v) is 9.29. The van der Waals surface area contributed by atoms with Crippen LogP contribution in [-0.4, -0.2) is 38.6 Å². The summed E-state index contributed by atoms with van der Waals surface area (Å²) in [5.41, 5.74) is 5.19. The molecule has 0 spiro atoms. The average molecular weight is 494 g/mol. The van der Waals surface area contributed by atoms with Gasteiger partial charge < -0.3 is 20.3 Å². The van der Waals surface area contributed by atoms with Crippen molar-refractivity contribution in [1.29, 1.82) is 0 Å². The van der Waals surface area contributed by atoms with Crippen molar-refractivity contribution in [2.75, 3.05) is 37.0 Å². The maximum atomic E-state index is 13.3. The van der Waals surface area contributed by atoms with Gasteiger partial charge in [0.2, 0.25) is 0 Å². The molecule has 0 radical (unpaired) electrons. The maximum Gasteiger partial charge on any atom is 0.255 e. The molecule has 0 bridgehead atoms. The molecular weight excluding hydrogens is 462 g/mol. The van der Waals surface area contributed by atoms with E-state index in [9.17, 15) is 9.59 Å². The number of ether oxygens (including phenoxy) is 1. The summed E-state index contributed by atoms with van der Waals surface area (Å²) in [6.07, 6.45) is 1.65. The molecule has 6 heteroatoms. The standard InChI is InChI=1S/C31H31N3O3/c1-37-18-6-16-32-31(36)28-20-27(33-30(35)25-12-11-22-7-2-4-9-24(22)19-25)13-14-29(28)34-17-15-23-8-3-5-10-26(23)21-34/h2-5,7-14,19-20H,6,15-18,21H2,1H3,(H,32,36)(H,33,35). The lowest BCUT2D eigenvalue weighted by Gasteiger charge is -2.32. The van der Waals surface area contributed by atoms with Crippen LogP contribution in [0, 0.1) is 0 Å². The Kier molecular flexibility index (Phi) is 7.47. The zero-order valence-electron chi connectivity index (χ0n) is 21.0. The Morgan fingerprint density at radius 2 is 1.65 bits per heavy atom. The van der Waals surface area contributed by atoms with Gasteiger partial charge in [0.05, 0.1) is 5.56 Å². The molecule has 1 aliphatic rings. The highest BCUT2D eigenvalue weighted by atomic mass is 16.5. The van der Waals surface area contributed by atoms with Crippen LogP contribution in [0.2, 0.25) is 0 Å². The molecule has 2 N–H and O–H groups in total. The van der Waals surface area contributed by atoms with E-state index in [2.05, 4.69) is 39.8 Å². The van der Waals surface area contributed by atoms with E-state index < -0.39 is 0 Å². The summed E-state index contributed by atoms with van der Waals surface area (Å²) in [6.45, 7) is 2.66. The van der Waals surface area contributed by atoms with Crippen molar-refractivity contribution in [3.63, 3.8) is 0 Å². The summed E-state index contributed by atoms with van der Waals surface area (Å²) in [7, 11) is 1.65. The minimum atomic E-state index is -0.211. The Hall–Kier alpha value is -4.16. The third-order valence-electron chi connectivity index (χ3n) is 6.79. The number of fused-ring (bicyclic) bond motifs is 2. The normalized spacial score (nSPS) is 12.7. The Labute approximate surface area is 217 Å². The lowest BCUT2D eigenvalue weighted by molar-refractivity contribution is 0.0947. The lowest BCUT2D eigenvalue weighted by Crippen LogP contribution is -2.33. The summed E-state index contributed by atoms with van der Waals surface area (Å²) >= 11 is 0. The number of carbonyl (C=O) groups excluding carboxylic acids is 2. The summed E-state index contributed by atoms with van der Waals surface area (Å²) in [5.74, 6) is -0.372. The van der Waals surface area contributed by atoms with Crippen molar-refractivity contribution in [3.05, 3.63) is 107 Å². The molecule has 0 aromatic heterocycles. The number of nitrogens with zero attached hydrogens (tertiary/aromatic N) is 1. The highest BCUT2D eigenvalue weighted by molar-refractivity contribution is 6.08. The molecule has 0 aliphatic carbocycles. The second-order valence-electron chi connectivity index (χ2n) is 9.29. The highest BCUT2D eigenvalue weighted by Gasteiger charge is 2.22. The Bertz CT molecular complexity index is 1430. The van der Waals surface area contributed by atoms with Gasteiger partial charge in [-0.2, -0.15) is 0 Å². The summed E-state index contributed by atoms with van der Waals surface area (Å²) < 4.78 is 5.11. The Morgan fingerprint density at radius 3 is 2.49 bits per heavy atom. The monoisotopic (exact) mass is 493 g/mol. The fourth-order valence-corrected chi connectivity index (χ4v) is 4.82. The molecule has 0 unspecified atom stereocenters. The Morgan fingerprint density at radius 1 is 0.865 bits per heavy atom. The third-order valence-corrected chi connectivity index (χ3v) is 6.79. The van der Waals surface area contributed by atoms with E-state index in [0.717, 1.165) is 42.4 Å². The predicted octanol–water partition coefficient (Wildman–Crippen LogP) is 5.42. The van der Waals surface area contributed by atoms with Gasteiger partial charge in [-0.05, 0) is 65.1 Å². The van der Waals surface area contributed by atoms with Crippen LogP contribution in [0.3, 0.4) is 0 Å². The summed E-state index contributed by atoms with van der Waals surface area (Å²) in [5, 5.41) is 8.08. The first-order valence-corrected chi connectivity index (χ1v) is 12.7. The average Bonchev–Trinajstić information content (AvgIpc) is 2.94. The molecule has 4 aromatic carbocycles. The van der Waals surface area contributed by atoms with Crippen LogP contribution in [-0.2, 0) is 17.7 Å². The van der Waals surface area contributed by atoms with E-state index in [1.165, 1.54) is 11.1 Å². The summed E-state index contributed by atoms with van der Waals surface area (Å²) in [4.78, 5) is 28.6. The number of carbonyl (C=O) groups is 2. The number of rotatable bonds is 8. The first kappa shape index (κ1) is 24.5. The number of benzene rings is 4. The quantitative estimate of drug-likeness (QED) is 0.322. The van der Waals surface area contributed by atoms with Crippen molar-refractivity contribution in [2.45, 2.75) is 19.4 Å². The van der Waals surface area contributed by atoms with Gasteiger partial charge in [0.1, 0.15) is 0 Å². The molecule has 0 saturated carbocycles. The van der Waals surface area contributed by atoms with Crippen molar-refractivity contribution >= 4 is 34.0 Å². The lowest BCUT2D eigenvalue weighted by atomic mass is 9.98. The van der Waals surface area contributed by atoms with Crippen LogP contribution >= 0.6 is 0 Å². The maximum absolute atomic E-state index is 13.3. The minimum absolute atomic E-state index is 0.160. The van der Waals surface area contributed by atoms with Crippen molar-refractivity contribution < 1.29 is 14.3 Å². The number of anilines is 2. The van der Waals surface area contributed by atoms with Crippen LogP contribution < -0.4 is 15.5 Å². The number of hydrogen-bond acceptors (Lipinski definition) is 4. The van der Waals surface area contributed by atoms with Crippen LogP contribution in [0.4, 0.5) is 11.4 Å². The molecule has 4 aromatic rings. The Balaban J connectivity index is 1.40. The molecule has 0 saturated heterocycles. The second kappa shape index (κ2) is 11.3. The molecule has 6 nitrogen and oxygen atoms in total. The van der Waals surface area contributed by atoms with Crippen LogP contribution in [0.25, 0.3) is 10.8 Å². The molecule has 37 heavy (non-hydrogen) atoms. The van der Waals surface area contributed by atoms with Gasteiger partial charge in [-0.25, -0.2) is 0 Å². The molecule has 1 heterocycles. The first-order chi connectivity index (χ1) is 18.1. The van der Waals surface area contributed by atoms with Crippen LogP contribution in [0.5, 0.6) is 0 Å². The van der Waals surface area contributed by atoms with Crippen molar-refractivity contribution in [1.82, 2.24) is 5.32 Å². The first-order valence-electron chi connectivity index (χ1n) is 12.7. The number of hydrogen-bond donors (Lipinski definition) is 2. The predicted molar refractivity (Wildman–Crippen MR) is 148 cm³/mol. The SMILES string of the molecule is COCCCNC(=O)c1cc(NC(=O)c2ccc3ccccc3c2)ccc1N1CCc2ccccc2C1. The molecule has 5 rings (SSSR count). The van der Waals surface area contributed by atoms with E-state index in [1.54, 1.807) is 13.2 Å². The van der Waals surface area contributed by atoms with E-state index in [0.29, 0.717) is 30.0 Å². The number of methoxy groups -OCH3 is 1. The number of amides is 2. The van der Waals surface area contributed by atoms with E-state index >= 15 is 0 Å². The molecule has 1 aliphatic heterocycles. The smallest absolute Gasteiger partial charge is 0.255 e. The van der Waals surface area contributed by atoms with Gasteiger partial charge in [0, 0.05) is 50.3 Å². The van der Waals surface area contributed by atoms with E-state index in [-0.39, 0.29) is 11.8 Å². The van der Waals surface area contributed by atoms with Crippen molar-refractivity contribution in [2.24, 2.45) is 0 Å². The van der Waals surface area contributed by atoms with Gasteiger partial charge >= 0.3 is 0 Å². The molecular formula is C31H31N3O3. The van der Waals surface area contributed by atoms with Gasteiger partial charge in [0.15, 0.2) is 0 Å². The van der Waals surface area contributed by atoms with Crippen LogP contribution in [0.15, 0.2) is 84.9 Å². The van der Waals surface area contributed by atoms with Gasteiger partial charge in [-0.3, -0.25) is 9.59 Å². The number of nitrogens with one attached hydrogen (secondary N) is 2. The van der Waals surface area contributed by atoms with Gasteiger partial charge in [-0.1, -0.05) is 54.6 Å². The van der Waals surface area contributed by atoms with E-state index in [4.69, 9.17) is 4.74 Å². The zero-order valence-corrected chi connectivity index (χ0v) is 21.0. The minimum Gasteiger partial charge on any atom is -0.385 e. The highest BCUT2D eigenvalue weighted by Crippen LogP contribution is 2.30. The molecule has 188 valence electrons. The largest absolute Gasteiger partial charge is 0.385 e. The fourth-order valence-electron chi connectivity index (χ4n) is 4.82. The molecule has 2 amide bonds. The topological polar surface area (TPSA) is 70.7 Å². The van der Waals surface area contributed by atoms with Gasteiger partial charge in [-0.15, -0.1) is 0 Å². The van der Waals surface area contributed by atoms with E-state index in [1.807, 2.05) is 54.6 Å². The fraction of sp³-hybridized carbons (Fsp3) is 0.226.